The van der Waals surface area contributed by atoms with E-state index in [9.17, 15) is 5.11 Å². The van der Waals surface area contributed by atoms with Gasteiger partial charge in [-0.05, 0) is 21.9 Å². The van der Waals surface area contributed by atoms with Gasteiger partial charge in [-0.3, -0.25) is 0 Å². The summed E-state index contributed by atoms with van der Waals surface area (Å²) in [6.07, 6.45) is 4.29. The van der Waals surface area contributed by atoms with Crippen molar-refractivity contribution >= 4 is 39.5 Å². The predicted octanol–water partition coefficient (Wildman–Crippen LogP) is 4.94. The molecular weight excluding hydrogens is 416 g/mol. The molecule has 1 N–H and O–H groups in total. The van der Waals surface area contributed by atoms with Gasteiger partial charge in [0.05, 0.1) is 17.8 Å². The van der Waals surface area contributed by atoms with Gasteiger partial charge in [-0.2, -0.15) is 0 Å². The third kappa shape index (κ3) is 4.75. The molecule has 4 atom stereocenters. The summed E-state index contributed by atoms with van der Waals surface area (Å²) in [4.78, 5) is 0. The second-order valence-electron chi connectivity index (χ2n) is 6.51. The van der Waals surface area contributed by atoms with Gasteiger partial charge in [0, 0.05) is 29.9 Å². The minimum absolute atomic E-state index is 0.186. The highest BCUT2D eigenvalue weighted by Gasteiger charge is 2.43. The zero-order valence-electron chi connectivity index (χ0n) is 14.2. The smallest absolute Gasteiger partial charge is 0.0717 e. The molecule has 1 aliphatic heterocycles. The minimum Gasteiger partial charge on any atom is -0.396 e. The van der Waals surface area contributed by atoms with Crippen LogP contribution < -0.4 is 0 Å². The fourth-order valence-corrected chi connectivity index (χ4v) is 7.91. The van der Waals surface area contributed by atoms with Gasteiger partial charge in [0.25, 0.3) is 0 Å². The van der Waals surface area contributed by atoms with Crippen molar-refractivity contribution in [3.05, 3.63) is 59.1 Å². The Balaban J connectivity index is 1.71. The van der Waals surface area contributed by atoms with Crippen LogP contribution in [0.15, 0.2) is 53.5 Å². The van der Waals surface area contributed by atoms with E-state index in [1.165, 1.54) is 17.1 Å². The molecule has 0 radical (unpaired) electrons. The summed E-state index contributed by atoms with van der Waals surface area (Å²) < 4.78 is 7.73. The fraction of sp³-hybridized carbons (Fsp3) is 0.500. The van der Waals surface area contributed by atoms with Gasteiger partial charge in [0.15, 0.2) is 0 Å². The standard InChI is InChI=1S/C20H25BrO2S2/c1-2-16-17(13-23-12-14-6-4-3-5-7-14)18(21)10-15(11-22)19(16)20-24-8-9-25-20/h2-7,10,15-17,19-20,22H,1,8-9,11-13H2/t15-,16+,17+,19+/m1/s1. The van der Waals surface area contributed by atoms with E-state index in [2.05, 4.69) is 46.8 Å². The van der Waals surface area contributed by atoms with Crippen LogP contribution in [-0.4, -0.2) is 34.4 Å². The second kappa shape index (κ2) is 9.65. The molecule has 1 heterocycles. The number of aliphatic hydroxyl groups excluding tert-OH is 1. The summed E-state index contributed by atoms with van der Waals surface area (Å²) in [6, 6.07) is 10.3. The van der Waals surface area contributed by atoms with Gasteiger partial charge in [-0.15, -0.1) is 30.1 Å². The van der Waals surface area contributed by atoms with Crippen LogP contribution >= 0.6 is 39.5 Å². The number of ether oxygens (including phenoxy) is 1. The molecular formula is C20H25BrO2S2. The van der Waals surface area contributed by atoms with Crippen molar-refractivity contribution in [2.45, 2.75) is 11.2 Å². The Morgan fingerprint density at radius 2 is 1.96 bits per heavy atom. The van der Waals surface area contributed by atoms with Crippen molar-refractivity contribution in [3.63, 3.8) is 0 Å². The Labute approximate surface area is 167 Å². The molecule has 1 aromatic carbocycles. The molecule has 0 saturated carbocycles. The molecule has 2 nitrogen and oxygen atoms in total. The first-order chi connectivity index (χ1) is 12.2. The minimum atomic E-state index is 0.186. The van der Waals surface area contributed by atoms with Crippen molar-refractivity contribution in [2.24, 2.45) is 23.7 Å². The molecule has 1 aromatic rings. The van der Waals surface area contributed by atoms with E-state index >= 15 is 0 Å². The lowest BCUT2D eigenvalue weighted by Crippen LogP contribution is -2.39. The number of halogens is 1. The van der Waals surface area contributed by atoms with Gasteiger partial charge >= 0.3 is 0 Å². The lowest BCUT2D eigenvalue weighted by molar-refractivity contribution is 0.0643. The van der Waals surface area contributed by atoms with Gasteiger partial charge < -0.3 is 9.84 Å². The van der Waals surface area contributed by atoms with Crippen molar-refractivity contribution in [1.82, 2.24) is 0 Å². The molecule has 1 saturated heterocycles. The van der Waals surface area contributed by atoms with Crippen LogP contribution in [0.4, 0.5) is 0 Å². The molecule has 25 heavy (non-hydrogen) atoms. The first kappa shape index (κ1) is 19.6. The third-order valence-corrected chi connectivity index (χ3v) is 9.08. The van der Waals surface area contributed by atoms with Crippen molar-refractivity contribution in [1.29, 1.82) is 0 Å². The topological polar surface area (TPSA) is 29.5 Å². The predicted molar refractivity (Wildman–Crippen MR) is 113 cm³/mol. The highest BCUT2D eigenvalue weighted by atomic mass is 79.9. The average Bonchev–Trinajstić information content (AvgIpc) is 3.17. The Bertz CT molecular complexity index is 587. The van der Waals surface area contributed by atoms with Gasteiger partial charge in [0.2, 0.25) is 0 Å². The molecule has 1 aliphatic carbocycles. The Morgan fingerprint density at radius 3 is 2.60 bits per heavy atom. The van der Waals surface area contributed by atoms with Crippen LogP contribution in [0.5, 0.6) is 0 Å². The van der Waals surface area contributed by atoms with Crippen LogP contribution in [0.3, 0.4) is 0 Å². The molecule has 3 rings (SSSR count). The number of thioether (sulfide) groups is 2. The molecule has 0 bridgehead atoms. The molecule has 0 unspecified atom stereocenters. The summed E-state index contributed by atoms with van der Waals surface area (Å²) in [5, 5.41) is 9.91. The maximum Gasteiger partial charge on any atom is 0.0717 e. The number of rotatable bonds is 7. The third-order valence-electron chi connectivity index (χ3n) is 4.98. The van der Waals surface area contributed by atoms with Crippen LogP contribution in [0.25, 0.3) is 0 Å². The molecule has 5 heteroatoms. The number of allylic oxidation sites excluding steroid dienone is 1. The van der Waals surface area contributed by atoms with Crippen LogP contribution in [0.2, 0.25) is 0 Å². The summed E-state index contributed by atoms with van der Waals surface area (Å²) in [7, 11) is 0. The Kier molecular flexibility index (Phi) is 7.55. The van der Waals surface area contributed by atoms with Crippen molar-refractivity contribution < 1.29 is 9.84 Å². The maximum atomic E-state index is 9.91. The highest BCUT2D eigenvalue weighted by Crippen LogP contribution is 2.50. The normalized spacial score (nSPS) is 30.2. The van der Waals surface area contributed by atoms with Gasteiger partial charge in [0.1, 0.15) is 0 Å². The molecule has 0 amide bonds. The lowest BCUT2D eigenvalue weighted by atomic mass is 9.71. The monoisotopic (exact) mass is 440 g/mol. The van der Waals surface area contributed by atoms with E-state index < -0.39 is 0 Å². The Hall–Kier alpha value is -0.200. The maximum absolute atomic E-state index is 9.91. The fourth-order valence-electron chi connectivity index (χ4n) is 3.72. The van der Waals surface area contributed by atoms with Crippen LogP contribution in [0.1, 0.15) is 5.56 Å². The molecule has 2 aliphatic rings. The van der Waals surface area contributed by atoms with Crippen molar-refractivity contribution in [3.8, 4) is 0 Å². The summed E-state index contributed by atoms with van der Waals surface area (Å²) >= 11 is 7.81. The molecule has 136 valence electrons. The molecule has 0 spiro atoms. The number of hydrogen-bond donors (Lipinski definition) is 1. The molecule has 1 fully saturated rings. The van der Waals surface area contributed by atoms with E-state index in [1.807, 2.05) is 41.7 Å². The lowest BCUT2D eigenvalue weighted by Gasteiger charge is -2.41. The first-order valence-electron chi connectivity index (χ1n) is 8.70. The Morgan fingerprint density at radius 1 is 1.24 bits per heavy atom. The summed E-state index contributed by atoms with van der Waals surface area (Å²) in [5.41, 5.74) is 1.19. The van der Waals surface area contributed by atoms with E-state index in [4.69, 9.17) is 4.74 Å². The summed E-state index contributed by atoms with van der Waals surface area (Å²) in [6.45, 7) is 5.61. The van der Waals surface area contributed by atoms with Gasteiger partial charge in [-0.25, -0.2) is 0 Å². The average molecular weight is 441 g/mol. The highest BCUT2D eigenvalue weighted by molar-refractivity contribution is 9.11. The quantitative estimate of drug-likeness (QED) is 0.607. The number of hydrogen-bond acceptors (Lipinski definition) is 4. The number of benzene rings is 1. The summed E-state index contributed by atoms with van der Waals surface area (Å²) in [5.74, 6) is 3.59. The van der Waals surface area contributed by atoms with E-state index in [-0.39, 0.29) is 18.4 Å². The first-order valence-corrected chi connectivity index (χ1v) is 11.6. The van der Waals surface area contributed by atoms with E-state index in [0.717, 1.165) is 4.48 Å². The van der Waals surface area contributed by atoms with E-state index in [1.54, 1.807) is 0 Å². The van der Waals surface area contributed by atoms with E-state index in [0.29, 0.717) is 29.6 Å². The SMILES string of the molecule is C=C[C@@H]1[C@@H](C2SCCS2)[C@@H](CO)C=C(Br)[C@H]1COCc1ccccc1. The zero-order chi connectivity index (χ0) is 17.6. The van der Waals surface area contributed by atoms with Crippen molar-refractivity contribution in [2.75, 3.05) is 24.7 Å². The van der Waals surface area contributed by atoms with Crippen LogP contribution in [-0.2, 0) is 11.3 Å². The zero-order valence-corrected chi connectivity index (χ0v) is 17.4. The number of aliphatic hydroxyl groups is 1. The molecule has 0 aromatic heterocycles. The van der Waals surface area contributed by atoms with Crippen LogP contribution in [0, 0.1) is 23.7 Å². The second-order valence-corrected chi connectivity index (χ2v) is 10.2. The largest absolute Gasteiger partial charge is 0.396 e. The van der Waals surface area contributed by atoms with Gasteiger partial charge in [-0.1, -0.05) is 58.4 Å².